The summed E-state index contributed by atoms with van der Waals surface area (Å²) >= 11 is 0. The van der Waals surface area contributed by atoms with Gasteiger partial charge in [0.25, 0.3) is 0 Å². The summed E-state index contributed by atoms with van der Waals surface area (Å²) in [6.45, 7) is 23.9. The maximum Gasteiger partial charge on any atom is 0.0303 e. The van der Waals surface area contributed by atoms with Crippen molar-refractivity contribution < 1.29 is 13.7 Å². The Kier molecular flexibility index (Phi) is 29.0. The second-order valence-corrected chi connectivity index (χ2v) is 53.3. The Bertz CT molecular complexity index is 3500. The lowest BCUT2D eigenvalue weighted by Crippen LogP contribution is -2.50. The first-order valence-electron chi connectivity index (χ1n) is 61.6. The van der Waals surface area contributed by atoms with Gasteiger partial charge >= 0.3 is 0 Å². The third-order valence-corrected chi connectivity index (χ3v) is 43.4. The summed E-state index contributed by atoms with van der Waals surface area (Å²) in [6.07, 6.45) is 104. The van der Waals surface area contributed by atoms with Crippen molar-refractivity contribution in [3.63, 3.8) is 0 Å². The Labute approximate surface area is 770 Å². The molecule has 0 heterocycles. The van der Waals surface area contributed by atoms with Crippen LogP contribution in [-0.4, -0.2) is 0 Å². The Morgan fingerprint density at radius 2 is 0.488 bits per heavy atom. The lowest BCUT2D eigenvalue weighted by atomic mass is 9.44. The van der Waals surface area contributed by atoms with E-state index in [-0.39, 0.29) is 58.9 Å². The topological polar surface area (TPSA) is 0 Å². The lowest BCUT2D eigenvalue weighted by Gasteiger charge is -2.61. The lowest BCUT2D eigenvalue weighted by molar-refractivity contribution is -0.105. The normalized spacial score (nSPS) is 54.7. The molecule has 0 N–H and O–H groups in total. The molecule has 0 heteroatoms. The molecule has 0 aliphatic heterocycles. The Hall–Kier alpha value is 0. The monoisotopic (exact) mass is 1680 g/mol. The highest BCUT2D eigenvalue weighted by Crippen LogP contribution is 2.68. The van der Waals surface area contributed by atoms with Crippen LogP contribution in [0.1, 0.15) is 578 Å². The minimum atomic E-state index is -0.113. The van der Waals surface area contributed by atoms with E-state index in [4.69, 9.17) is 13.7 Å². The molecule has 12 unspecified atom stereocenters. The quantitative estimate of drug-likeness (QED) is 0.227. The van der Waals surface area contributed by atoms with E-state index in [1.807, 2.05) is 0 Å². The van der Waals surface area contributed by atoms with Crippen molar-refractivity contribution in [1.29, 1.82) is 0 Å². The van der Waals surface area contributed by atoms with Crippen LogP contribution in [0.15, 0.2) is 0 Å². The highest BCUT2D eigenvalue weighted by molar-refractivity contribution is 5.08. The first-order valence-corrected chi connectivity index (χ1v) is 56.6. The zero-order valence-corrected chi connectivity index (χ0v) is 83.1. The summed E-state index contributed by atoms with van der Waals surface area (Å²) in [7, 11) is 0. The van der Waals surface area contributed by atoms with Crippen LogP contribution in [0.4, 0.5) is 0 Å². The molecule has 0 aromatic rings. The van der Waals surface area contributed by atoms with Gasteiger partial charge in [-0.05, 0) is 474 Å². The van der Waals surface area contributed by atoms with Crippen molar-refractivity contribution in [1.82, 2.24) is 0 Å². The van der Waals surface area contributed by atoms with Gasteiger partial charge in [-0.1, -0.05) is 288 Å². The Morgan fingerprint density at radius 1 is 0.174 bits per heavy atom. The predicted octanol–water partition coefficient (Wildman–Crippen LogP) is 38.6. The standard InChI is InChI=1S/C15H26.C12H20.C12H22.2C11H18.2C11H20.2C10H18.2C9H16/c1-13-6-11-14-7-2-4-9-15(14,12-13)10-5-3-8-14;1-8-6-9-7-12(8)11-5-3-2-4-10(9)11;1-11-6-5-9-12(10-11)7-3-2-4-8-12;1-11-5-8-2-9(6-11)4-10(3-8)7-11;1-7-5-8-6-11(7)10-4-2-3-9(8)10;1-9-5-6-10-3-2-4-11(7-9)8-10;1-10-5-8-11(9-10)6-3-2-4-7-11;1-8-2-3-9-4-5-10(6-8)7-9;1-9-4-7-10(8-9)5-2-3-6-10;1-8-3-6-9(7-8)4-2-5-9;1-7-2-3-8-5-9(4-7)6-8/h13H,2-12H2,1H3;8-12H,2-7H2,1H3;11H,2-10H2,1H3;8-10H,2-7H2,1H3;7-11H,2-6H2,1H3;9-11H,2-8H2,1H3;10H,2-9H2,1H3;8-10H,2-7H2,1H3;9H,2-8H2,1H3;8H,2-7H2,1H3;7-9H,2-6H2,1H3/t13-,14?,15?;8-,9?,10?,11?,12?;11-;;7-,8?,9?,10?,11?;9-,10?,11?;10-;8-,9?,10?;9-;8-;7-,8?,9?/m111.1111111/s1/i13D;8D;11D;;7D;9D;10D;8D;9D;8D;7D. The van der Waals surface area contributed by atoms with Crippen LogP contribution in [-0.2, 0) is 0 Å². The van der Waals surface area contributed by atoms with E-state index in [2.05, 4.69) is 76.2 Å². The van der Waals surface area contributed by atoms with E-state index < -0.39 is 0 Å². The Morgan fingerprint density at radius 3 is 0.942 bits per heavy atom. The number of hydrogen-bond donors (Lipinski definition) is 0. The molecule has 0 amide bonds. The van der Waals surface area contributed by atoms with Crippen LogP contribution in [0.25, 0.3) is 0 Å². The summed E-state index contributed by atoms with van der Waals surface area (Å²) < 4.78 is 81.1. The molecule has 22 atom stereocenters. The van der Waals surface area contributed by atoms with E-state index in [0.29, 0.717) is 32.5 Å². The van der Waals surface area contributed by atoms with Gasteiger partial charge in [0.1, 0.15) is 0 Å². The summed E-state index contributed by atoms with van der Waals surface area (Å²) in [4.78, 5) is 0. The van der Waals surface area contributed by atoms with Crippen molar-refractivity contribution >= 4 is 0 Å². The molecule has 0 saturated heterocycles. The zero-order valence-electron chi connectivity index (χ0n) is 93.1. The van der Waals surface area contributed by atoms with Gasteiger partial charge in [0.05, 0.1) is 0 Å². The van der Waals surface area contributed by atoms with Crippen molar-refractivity contribution in [2.45, 2.75) is 564 Å². The second-order valence-electron chi connectivity index (χ2n) is 53.3. The van der Waals surface area contributed by atoms with Crippen molar-refractivity contribution in [2.75, 3.05) is 0 Å². The SMILES string of the molecule is CC12CC3CC(CC(C3)C1)C2.[2H][C@@]1(C)CC2CC1C1CCCC21.[2H][C@@]1(C)CC2CC1C1CCCCC21.[2H][C@@]1(C)CCC2(CCC2)C1.[2H][C@@]1(C)CCC2(CCCC2)C1.[2H][C@@]1(C)CCC2(CCCCC2)C1.[2H][C@@]1(C)CCC23CCCCC2(CCCC3)C1.[2H][C@@]1(C)CCC2CC(C2)C1.[2H][C@@]1(C)CCC2CCC(C2)C1.[2H][C@@]1(C)CCC2CCCC(C2)C1.[2H][C@@]1(C)CCCC2(CCCCC2)C1. The summed E-state index contributed by atoms with van der Waals surface area (Å²) in [6, 6.07) is 0. The highest BCUT2D eigenvalue weighted by atomic mass is 14.6. The molecule has 28 saturated carbocycles. The highest BCUT2D eigenvalue weighted by Gasteiger charge is 2.57. The fourth-order valence-corrected chi connectivity index (χ4v) is 37.6. The van der Waals surface area contributed by atoms with Gasteiger partial charge in [-0.2, -0.15) is 0 Å². The number of fused-ring (bicyclic) bond motifs is 17. The molecule has 0 aromatic carbocycles. The number of hydrogen-bond acceptors (Lipinski definition) is 0. The van der Waals surface area contributed by atoms with Crippen molar-refractivity contribution in [3.05, 3.63) is 0 Å². The fourth-order valence-electron chi connectivity index (χ4n) is 37.6. The van der Waals surface area contributed by atoms with Crippen LogP contribution in [0.5, 0.6) is 0 Å². The van der Waals surface area contributed by atoms with Gasteiger partial charge in [0.2, 0.25) is 0 Å². The first-order chi connectivity index (χ1) is 61.6. The second kappa shape index (κ2) is 42.9. The van der Waals surface area contributed by atoms with Crippen LogP contribution >= 0.6 is 0 Å². The average molecular weight is 1680 g/mol. The molecular formula is C121H212. The first kappa shape index (κ1) is 81.7. The van der Waals surface area contributed by atoms with Crippen LogP contribution in [0.2, 0.25) is 0 Å². The molecule has 4 spiro atoms. The molecule has 696 valence electrons. The molecule has 28 aliphatic carbocycles. The molecule has 0 radical (unpaired) electrons. The summed E-state index contributed by atoms with van der Waals surface area (Å²) in [5, 5.41) is 0. The molecule has 0 aromatic heterocycles. The predicted molar refractivity (Wildman–Crippen MR) is 525 cm³/mol. The largest absolute Gasteiger partial charge is 0.0625 e. The smallest absolute Gasteiger partial charge is 0.0303 e. The van der Waals surface area contributed by atoms with E-state index in [9.17, 15) is 0 Å². The van der Waals surface area contributed by atoms with Crippen molar-refractivity contribution in [3.8, 4) is 0 Å². The molecule has 28 rings (SSSR count). The van der Waals surface area contributed by atoms with Crippen LogP contribution in [0.3, 0.4) is 0 Å². The summed E-state index contributed by atoms with van der Waals surface area (Å²) in [5.41, 5.74) is 4.60. The van der Waals surface area contributed by atoms with E-state index in [1.54, 1.807) is 38.5 Å². The van der Waals surface area contributed by atoms with Crippen molar-refractivity contribution in [2.24, 2.45) is 197 Å². The van der Waals surface area contributed by atoms with Gasteiger partial charge < -0.3 is 0 Å². The minimum absolute atomic E-state index is 0.0455. The average Bonchev–Trinajstić information content (AvgIpc) is 1.25. The van der Waals surface area contributed by atoms with E-state index in [0.717, 1.165) is 157 Å². The molecule has 28 aliphatic rings. The van der Waals surface area contributed by atoms with Gasteiger partial charge in [-0.3, -0.25) is 0 Å². The fraction of sp³-hybridized carbons (Fsp3) is 1.00. The third-order valence-electron chi connectivity index (χ3n) is 43.4. The van der Waals surface area contributed by atoms with Gasteiger partial charge in [0.15, 0.2) is 0 Å². The maximum absolute atomic E-state index is 8.46. The molecular weight excluding hydrogens is 1450 g/mol. The minimum Gasteiger partial charge on any atom is -0.0625 e. The molecule has 14 bridgehead atoms. The van der Waals surface area contributed by atoms with Gasteiger partial charge in [-0.25, -0.2) is 0 Å². The molecule has 28 fully saturated rings. The number of rotatable bonds is 0. The van der Waals surface area contributed by atoms with Gasteiger partial charge in [-0.15, -0.1) is 0 Å². The maximum atomic E-state index is 8.46. The molecule has 0 nitrogen and oxygen atoms in total. The summed E-state index contributed by atoms with van der Waals surface area (Å²) in [5.74, 6) is 15.8. The Balaban J connectivity index is 0.000000106. The third kappa shape index (κ3) is 24.3. The van der Waals surface area contributed by atoms with E-state index in [1.165, 1.54) is 398 Å². The van der Waals surface area contributed by atoms with Crippen LogP contribution < -0.4 is 0 Å². The van der Waals surface area contributed by atoms with Crippen LogP contribution in [0, 0.1) is 197 Å². The van der Waals surface area contributed by atoms with E-state index >= 15 is 0 Å². The zero-order chi connectivity index (χ0) is 93.1. The van der Waals surface area contributed by atoms with Gasteiger partial charge in [0, 0.05) is 13.7 Å². The molecule has 121 heavy (non-hydrogen) atoms.